The van der Waals surface area contributed by atoms with E-state index >= 15 is 0 Å². The first kappa shape index (κ1) is 26.7. The molecule has 0 aliphatic carbocycles. The van der Waals surface area contributed by atoms with E-state index in [1.165, 1.54) is 42.6 Å². The molecule has 4 rings (SSSR count). The summed E-state index contributed by atoms with van der Waals surface area (Å²) in [4.78, 5) is 22.7. The minimum absolute atomic E-state index is 0.0440. The zero-order valence-corrected chi connectivity index (χ0v) is 21.4. The summed E-state index contributed by atoms with van der Waals surface area (Å²) in [6.07, 6.45) is 6.08. The summed E-state index contributed by atoms with van der Waals surface area (Å²) in [5, 5.41) is 12.9. The van der Waals surface area contributed by atoms with Crippen molar-refractivity contribution in [3.63, 3.8) is 0 Å². The van der Waals surface area contributed by atoms with Crippen LogP contribution in [-0.2, 0) is 11.3 Å². The van der Waals surface area contributed by atoms with Gasteiger partial charge in [0.1, 0.15) is 17.5 Å². The Bertz CT molecular complexity index is 1470. The lowest BCUT2D eigenvalue weighted by atomic mass is 10.1. The number of carbonyl (C=O) groups is 1. The lowest BCUT2D eigenvalue weighted by molar-refractivity contribution is -0.111. The standard InChI is InChI=1S/C26H25ClF2N8O/c1-4-24(38)32-17-6-8-22(29)23(12-17)34-25-19(16-5-7-21(28)20(27)11-16)14-30-26(35-25)33-18-13-31-37(15-18)10-9-36(2)3/h4-8,11-15H,1,9-10H2,2-3H3,(H,32,38)(H2,30,33,34,35). The number of benzene rings is 2. The molecule has 2 aromatic carbocycles. The van der Waals surface area contributed by atoms with Crippen molar-refractivity contribution in [1.82, 2.24) is 24.6 Å². The van der Waals surface area contributed by atoms with Crippen LogP contribution in [0, 0.1) is 11.6 Å². The van der Waals surface area contributed by atoms with Crippen LogP contribution < -0.4 is 16.0 Å². The number of halogens is 3. The molecule has 0 aliphatic rings. The number of nitrogens with one attached hydrogen (secondary N) is 3. The van der Waals surface area contributed by atoms with Crippen molar-refractivity contribution in [1.29, 1.82) is 0 Å². The molecule has 0 fully saturated rings. The Hall–Kier alpha value is -4.35. The molecule has 0 aliphatic heterocycles. The third kappa shape index (κ3) is 6.69. The van der Waals surface area contributed by atoms with E-state index in [0.29, 0.717) is 29.0 Å². The molecular weight excluding hydrogens is 514 g/mol. The van der Waals surface area contributed by atoms with Gasteiger partial charge in [0.2, 0.25) is 11.9 Å². The van der Waals surface area contributed by atoms with E-state index in [4.69, 9.17) is 11.6 Å². The number of nitrogens with zero attached hydrogens (tertiary/aromatic N) is 5. The fourth-order valence-electron chi connectivity index (χ4n) is 3.41. The van der Waals surface area contributed by atoms with Gasteiger partial charge in [-0.3, -0.25) is 9.48 Å². The predicted octanol–water partition coefficient (Wildman–Crippen LogP) is 5.45. The number of hydrogen-bond donors (Lipinski definition) is 3. The van der Waals surface area contributed by atoms with Gasteiger partial charge in [-0.05, 0) is 56.1 Å². The second-order valence-corrected chi connectivity index (χ2v) is 8.93. The second kappa shape index (κ2) is 11.8. The third-order valence-corrected chi connectivity index (χ3v) is 5.65. The van der Waals surface area contributed by atoms with E-state index in [0.717, 1.165) is 12.6 Å². The maximum Gasteiger partial charge on any atom is 0.247 e. The summed E-state index contributed by atoms with van der Waals surface area (Å²) in [6.45, 7) is 4.93. The summed E-state index contributed by atoms with van der Waals surface area (Å²) >= 11 is 6.00. The Balaban J connectivity index is 1.68. The largest absolute Gasteiger partial charge is 0.337 e. The van der Waals surface area contributed by atoms with Gasteiger partial charge in [-0.1, -0.05) is 24.2 Å². The van der Waals surface area contributed by atoms with Gasteiger partial charge in [-0.15, -0.1) is 0 Å². The summed E-state index contributed by atoms with van der Waals surface area (Å²) in [7, 11) is 3.96. The fraction of sp³-hybridized carbons (Fsp3) is 0.154. The molecule has 0 saturated heterocycles. The third-order valence-electron chi connectivity index (χ3n) is 5.36. The van der Waals surface area contributed by atoms with Gasteiger partial charge in [0.05, 0.1) is 29.1 Å². The highest BCUT2D eigenvalue weighted by molar-refractivity contribution is 6.31. The highest BCUT2D eigenvalue weighted by atomic mass is 35.5. The SMILES string of the molecule is C=CC(=O)Nc1ccc(F)c(Nc2nc(Nc3cnn(CCN(C)C)c3)ncc2-c2ccc(F)c(Cl)c2)c1. The molecule has 196 valence electrons. The van der Waals surface area contributed by atoms with Crippen molar-refractivity contribution in [3.8, 4) is 11.1 Å². The summed E-state index contributed by atoms with van der Waals surface area (Å²) < 4.78 is 30.4. The average molecular weight is 539 g/mol. The van der Waals surface area contributed by atoms with Crippen molar-refractivity contribution in [2.75, 3.05) is 36.6 Å². The van der Waals surface area contributed by atoms with Crippen molar-refractivity contribution >= 4 is 46.3 Å². The Morgan fingerprint density at radius 1 is 1.11 bits per heavy atom. The van der Waals surface area contributed by atoms with Crippen LogP contribution in [-0.4, -0.2) is 51.2 Å². The van der Waals surface area contributed by atoms with Gasteiger partial charge in [0.25, 0.3) is 0 Å². The molecule has 3 N–H and O–H groups in total. The topological polar surface area (TPSA) is 100 Å². The van der Waals surface area contributed by atoms with Crippen LogP contribution in [0.3, 0.4) is 0 Å². The number of hydrogen-bond acceptors (Lipinski definition) is 7. The first-order valence-corrected chi connectivity index (χ1v) is 11.9. The van der Waals surface area contributed by atoms with Crippen molar-refractivity contribution in [2.45, 2.75) is 6.54 Å². The van der Waals surface area contributed by atoms with Gasteiger partial charge in [-0.2, -0.15) is 10.1 Å². The van der Waals surface area contributed by atoms with Crippen LogP contribution in [0.1, 0.15) is 0 Å². The van der Waals surface area contributed by atoms with Crippen molar-refractivity contribution in [2.24, 2.45) is 0 Å². The Kier molecular flexibility index (Phi) is 8.29. The van der Waals surface area contributed by atoms with Gasteiger partial charge >= 0.3 is 0 Å². The molecule has 12 heteroatoms. The number of likely N-dealkylation sites (N-methyl/N-ethyl adjacent to an activating group) is 1. The Morgan fingerprint density at radius 2 is 1.89 bits per heavy atom. The van der Waals surface area contributed by atoms with Crippen LogP contribution in [0.2, 0.25) is 5.02 Å². The van der Waals surface area contributed by atoms with Crippen molar-refractivity contribution < 1.29 is 13.6 Å². The van der Waals surface area contributed by atoms with E-state index in [9.17, 15) is 13.6 Å². The first-order chi connectivity index (χ1) is 18.2. The molecular formula is C26H25ClF2N8O. The minimum atomic E-state index is -0.583. The Labute approximate surface area is 223 Å². The first-order valence-electron chi connectivity index (χ1n) is 11.5. The second-order valence-electron chi connectivity index (χ2n) is 8.52. The number of aromatic nitrogens is 4. The normalized spacial score (nSPS) is 10.9. The van der Waals surface area contributed by atoms with Gasteiger partial charge in [0, 0.05) is 30.2 Å². The summed E-state index contributed by atoms with van der Waals surface area (Å²) in [5.41, 5.74) is 2.01. The highest BCUT2D eigenvalue weighted by Gasteiger charge is 2.15. The lowest BCUT2D eigenvalue weighted by Gasteiger charge is -2.15. The molecule has 1 amide bonds. The van der Waals surface area contributed by atoms with E-state index in [1.54, 1.807) is 10.9 Å². The zero-order chi connectivity index (χ0) is 27.2. The molecule has 0 radical (unpaired) electrons. The van der Waals surface area contributed by atoms with Gasteiger partial charge < -0.3 is 20.9 Å². The van der Waals surface area contributed by atoms with E-state index < -0.39 is 17.5 Å². The van der Waals surface area contributed by atoms with E-state index in [-0.39, 0.29) is 22.5 Å². The van der Waals surface area contributed by atoms with Crippen molar-refractivity contribution in [3.05, 3.63) is 84.3 Å². The Morgan fingerprint density at radius 3 is 2.63 bits per heavy atom. The van der Waals surface area contributed by atoms with Crippen LogP contribution in [0.25, 0.3) is 11.1 Å². The van der Waals surface area contributed by atoms with E-state index in [2.05, 4.69) is 37.6 Å². The van der Waals surface area contributed by atoms with E-state index in [1.807, 2.05) is 25.2 Å². The monoisotopic (exact) mass is 538 g/mol. The molecule has 0 bridgehead atoms. The maximum absolute atomic E-state index is 14.8. The smallest absolute Gasteiger partial charge is 0.247 e. The van der Waals surface area contributed by atoms with Crippen LogP contribution in [0.5, 0.6) is 0 Å². The molecule has 2 aromatic heterocycles. The van der Waals surface area contributed by atoms with Gasteiger partial charge in [0.15, 0.2) is 0 Å². The quantitative estimate of drug-likeness (QED) is 0.231. The molecule has 0 saturated carbocycles. The maximum atomic E-state index is 14.8. The van der Waals surface area contributed by atoms with Crippen LogP contribution >= 0.6 is 11.6 Å². The average Bonchev–Trinajstić information content (AvgIpc) is 3.34. The summed E-state index contributed by atoms with van der Waals surface area (Å²) in [5.74, 6) is -1.17. The predicted molar refractivity (Wildman–Crippen MR) is 145 cm³/mol. The summed E-state index contributed by atoms with van der Waals surface area (Å²) in [6, 6.07) is 8.22. The molecule has 2 heterocycles. The molecule has 0 spiro atoms. The number of carbonyl (C=O) groups excluding carboxylic acids is 1. The molecule has 9 nitrogen and oxygen atoms in total. The zero-order valence-electron chi connectivity index (χ0n) is 20.7. The minimum Gasteiger partial charge on any atom is -0.337 e. The molecule has 4 aromatic rings. The molecule has 0 atom stereocenters. The van der Waals surface area contributed by atoms with Crippen LogP contribution in [0.15, 0.2) is 67.6 Å². The van der Waals surface area contributed by atoms with Gasteiger partial charge in [-0.25, -0.2) is 13.8 Å². The fourth-order valence-corrected chi connectivity index (χ4v) is 3.59. The number of amides is 1. The molecule has 0 unspecified atom stereocenters. The van der Waals surface area contributed by atoms with Crippen LogP contribution in [0.4, 0.5) is 37.6 Å². The highest BCUT2D eigenvalue weighted by Crippen LogP contribution is 2.33. The lowest BCUT2D eigenvalue weighted by Crippen LogP contribution is -2.18. The molecule has 38 heavy (non-hydrogen) atoms. The number of anilines is 5. The number of rotatable bonds is 10.